The summed E-state index contributed by atoms with van der Waals surface area (Å²) >= 11 is 3.31. The maximum absolute atomic E-state index is 13.0. The highest BCUT2D eigenvalue weighted by atomic mass is 79.9. The van der Waals surface area contributed by atoms with E-state index in [-0.39, 0.29) is 10.8 Å². The Kier molecular flexibility index (Phi) is 5.56. The Morgan fingerprint density at radius 1 is 1.04 bits per heavy atom. The predicted octanol–water partition coefficient (Wildman–Crippen LogP) is 3.63. The van der Waals surface area contributed by atoms with Gasteiger partial charge in [-0.05, 0) is 49.2 Å². The van der Waals surface area contributed by atoms with E-state index in [0.717, 1.165) is 17.3 Å². The molecule has 1 aliphatic rings. The summed E-state index contributed by atoms with van der Waals surface area (Å²) in [6.45, 7) is 0.352. The van der Waals surface area contributed by atoms with Crippen LogP contribution in [0.5, 0.6) is 0 Å². The highest BCUT2D eigenvalue weighted by Gasteiger charge is 2.37. The number of hydrogen-bond donors (Lipinski definition) is 1. The van der Waals surface area contributed by atoms with Gasteiger partial charge in [0.05, 0.1) is 4.90 Å². The third-order valence-corrected chi connectivity index (χ3v) is 6.67. The van der Waals surface area contributed by atoms with Crippen molar-refractivity contribution in [3.63, 3.8) is 0 Å². The lowest BCUT2D eigenvalue weighted by Crippen LogP contribution is -2.49. The molecule has 1 aliphatic heterocycles. The number of halogens is 1. The fourth-order valence-electron chi connectivity index (χ4n) is 2.94. The van der Waals surface area contributed by atoms with Gasteiger partial charge < -0.3 is 5.32 Å². The Bertz CT molecular complexity index is 838. The standard InChI is InChI=1S/C18H19BrN2O3S/c19-14-9-11-16(12-10-14)25(23,24)21-13-5-4-8-17(21)18(22)20-15-6-2-1-3-7-15/h1-3,6-7,9-12,17H,4-5,8,13H2,(H,20,22). The van der Waals surface area contributed by atoms with Crippen molar-refractivity contribution in [3.8, 4) is 0 Å². The van der Waals surface area contributed by atoms with E-state index in [9.17, 15) is 13.2 Å². The SMILES string of the molecule is O=C(Nc1ccccc1)C1CCCCN1S(=O)(=O)c1ccc(Br)cc1. The van der Waals surface area contributed by atoms with E-state index in [1.54, 1.807) is 36.4 Å². The quantitative estimate of drug-likeness (QED) is 0.817. The van der Waals surface area contributed by atoms with E-state index >= 15 is 0 Å². The highest BCUT2D eigenvalue weighted by Crippen LogP contribution is 2.27. The molecule has 1 N–H and O–H groups in total. The van der Waals surface area contributed by atoms with E-state index in [0.29, 0.717) is 18.7 Å². The molecular formula is C18H19BrN2O3S. The summed E-state index contributed by atoms with van der Waals surface area (Å²) in [5.74, 6) is -0.286. The van der Waals surface area contributed by atoms with Crippen molar-refractivity contribution in [1.29, 1.82) is 0 Å². The molecule has 0 aromatic heterocycles. The third-order valence-electron chi connectivity index (χ3n) is 4.22. The second-order valence-corrected chi connectivity index (χ2v) is 8.74. The summed E-state index contributed by atoms with van der Waals surface area (Å²) in [4.78, 5) is 12.9. The topological polar surface area (TPSA) is 66.5 Å². The van der Waals surface area contributed by atoms with Gasteiger partial charge in [0.15, 0.2) is 0 Å². The number of benzene rings is 2. The monoisotopic (exact) mass is 422 g/mol. The smallest absolute Gasteiger partial charge is 0.243 e. The maximum Gasteiger partial charge on any atom is 0.243 e. The Hall–Kier alpha value is -1.70. The van der Waals surface area contributed by atoms with Crippen LogP contribution < -0.4 is 5.32 Å². The van der Waals surface area contributed by atoms with Gasteiger partial charge in [-0.2, -0.15) is 4.31 Å². The lowest BCUT2D eigenvalue weighted by Gasteiger charge is -2.33. The number of sulfonamides is 1. The van der Waals surface area contributed by atoms with E-state index in [2.05, 4.69) is 21.2 Å². The van der Waals surface area contributed by atoms with Crippen LogP contribution in [-0.2, 0) is 14.8 Å². The second kappa shape index (κ2) is 7.68. The average molecular weight is 423 g/mol. The minimum Gasteiger partial charge on any atom is -0.325 e. The van der Waals surface area contributed by atoms with Gasteiger partial charge in [0.25, 0.3) is 0 Å². The van der Waals surface area contributed by atoms with E-state index in [1.165, 1.54) is 4.31 Å². The largest absolute Gasteiger partial charge is 0.325 e. The molecule has 5 nitrogen and oxygen atoms in total. The van der Waals surface area contributed by atoms with Crippen LogP contribution in [0.2, 0.25) is 0 Å². The summed E-state index contributed by atoms with van der Waals surface area (Å²) < 4.78 is 28.1. The summed E-state index contributed by atoms with van der Waals surface area (Å²) in [6, 6.07) is 14.9. The number of para-hydroxylation sites is 1. The lowest BCUT2D eigenvalue weighted by molar-refractivity contribution is -0.120. The van der Waals surface area contributed by atoms with E-state index < -0.39 is 16.1 Å². The van der Waals surface area contributed by atoms with Crippen molar-refractivity contribution < 1.29 is 13.2 Å². The van der Waals surface area contributed by atoms with Gasteiger partial charge in [-0.1, -0.05) is 40.5 Å². The van der Waals surface area contributed by atoms with Crippen LogP contribution in [0.3, 0.4) is 0 Å². The number of anilines is 1. The first-order chi connectivity index (χ1) is 12.0. The van der Waals surface area contributed by atoms with Crippen LogP contribution in [0.15, 0.2) is 64.0 Å². The first kappa shape index (κ1) is 18.1. The minimum atomic E-state index is -3.71. The highest BCUT2D eigenvalue weighted by molar-refractivity contribution is 9.10. The van der Waals surface area contributed by atoms with Crippen LogP contribution in [0.1, 0.15) is 19.3 Å². The molecule has 25 heavy (non-hydrogen) atoms. The zero-order valence-electron chi connectivity index (χ0n) is 13.6. The molecule has 3 rings (SSSR count). The fourth-order valence-corrected chi connectivity index (χ4v) is 4.86. The van der Waals surface area contributed by atoms with Crippen LogP contribution in [0, 0.1) is 0 Å². The maximum atomic E-state index is 13.0. The zero-order chi connectivity index (χ0) is 17.9. The Labute approximate surface area is 156 Å². The van der Waals surface area contributed by atoms with Gasteiger partial charge in [0.1, 0.15) is 6.04 Å². The molecular weight excluding hydrogens is 404 g/mol. The molecule has 0 spiro atoms. The van der Waals surface area contributed by atoms with Crippen molar-refractivity contribution in [2.24, 2.45) is 0 Å². The van der Waals surface area contributed by atoms with Gasteiger partial charge in [-0.25, -0.2) is 8.42 Å². The second-order valence-electron chi connectivity index (χ2n) is 5.94. The molecule has 0 aliphatic carbocycles. The number of piperidine rings is 1. The Morgan fingerprint density at radius 3 is 2.40 bits per heavy atom. The average Bonchev–Trinajstić information content (AvgIpc) is 2.63. The minimum absolute atomic E-state index is 0.204. The Balaban J connectivity index is 1.85. The van der Waals surface area contributed by atoms with Gasteiger partial charge in [-0.15, -0.1) is 0 Å². The van der Waals surface area contributed by atoms with E-state index in [4.69, 9.17) is 0 Å². The number of nitrogens with one attached hydrogen (secondary N) is 1. The first-order valence-electron chi connectivity index (χ1n) is 8.12. The summed E-state index contributed by atoms with van der Waals surface area (Å²) in [5, 5.41) is 2.82. The van der Waals surface area contributed by atoms with Crippen LogP contribution in [-0.4, -0.2) is 31.2 Å². The van der Waals surface area contributed by atoms with Crippen LogP contribution >= 0.6 is 15.9 Å². The van der Waals surface area contributed by atoms with Crippen molar-refractivity contribution in [2.45, 2.75) is 30.2 Å². The number of nitrogens with zero attached hydrogens (tertiary/aromatic N) is 1. The molecule has 1 saturated heterocycles. The lowest BCUT2D eigenvalue weighted by atomic mass is 10.0. The molecule has 1 fully saturated rings. The summed E-state index contributed by atoms with van der Waals surface area (Å²) in [6.07, 6.45) is 2.11. The van der Waals surface area contributed by atoms with Gasteiger partial charge in [0.2, 0.25) is 15.9 Å². The van der Waals surface area contributed by atoms with Crippen LogP contribution in [0.25, 0.3) is 0 Å². The predicted molar refractivity (Wildman–Crippen MR) is 101 cm³/mol. The summed E-state index contributed by atoms with van der Waals surface area (Å²) in [7, 11) is -3.71. The van der Waals surface area contributed by atoms with Crippen molar-refractivity contribution in [2.75, 3.05) is 11.9 Å². The molecule has 2 aromatic carbocycles. The number of carbonyl (C=O) groups is 1. The number of rotatable bonds is 4. The number of amides is 1. The molecule has 1 heterocycles. The molecule has 1 amide bonds. The third kappa shape index (κ3) is 4.11. The van der Waals surface area contributed by atoms with Crippen LogP contribution in [0.4, 0.5) is 5.69 Å². The van der Waals surface area contributed by atoms with Gasteiger partial charge in [0, 0.05) is 16.7 Å². The van der Waals surface area contributed by atoms with Crippen molar-refractivity contribution in [3.05, 3.63) is 59.1 Å². The molecule has 0 bridgehead atoms. The molecule has 1 atom stereocenters. The van der Waals surface area contributed by atoms with Crippen molar-refractivity contribution >= 4 is 37.5 Å². The number of hydrogen-bond acceptors (Lipinski definition) is 3. The number of carbonyl (C=O) groups excluding carboxylic acids is 1. The Morgan fingerprint density at radius 2 is 1.72 bits per heavy atom. The van der Waals surface area contributed by atoms with Gasteiger partial charge >= 0.3 is 0 Å². The van der Waals surface area contributed by atoms with Crippen molar-refractivity contribution in [1.82, 2.24) is 4.31 Å². The summed E-state index contributed by atoms with van der Waals surface area (Å²) in [5.41, 5.74) is 0.666. The van der Waals surface area contributed by atoms with E-state index in [1.807, 2.05) is 18.2 Å². The zero-order valence-corrected chi connectivity index (χ0v) is 16.0. The molecule has 0 radical (unpaired) electrons. The molecule has 0 saturated carbocycles. The van der Waals surface area contributed by atoms with Gasteiger partial charge in [-0.3, -0.25) is 4.79 Å². The molecule has 2 aromatic rings. The molecule has 1 unspecified atom stereocenters. The normalized spacial score (nSPS) is 18.7. The molecule has 7 heteroatoms. The fraction of sp³-hybridized carbons (Fsp3) is 0.278. The first-order valence-corrected chi connectivity index (χ1v) is 10.3. The molecule has 132 valence electrons.